The highest BCUT2D eigenvalue weighted by molar-refractivity contribution is 7.92. The van der Waals surface area contributed by atoms with Crippen molar-refractivity contribution in [1.29, 1.82) is 0 Å². The largest absolute Gasteiger partial charge is 0.319 e. The van der Waals surface area contributed by atoms with Crippen LogP contribution in [-0.4, -0.2) is 25.4 Å². The van der Waals surface area contributed by atoms with Gasteiger partial charge in [-0.2, -0.15) is 4.99 Å². The predicted octanol–water partition coefficient (Wildman–Crippen LogP) is 5.08. The Labute approximate surface area is 206 Å². The summed E-state index contributed by atoms with van der Waals surface area (Å²) in [6, 6.07) is 17.3. The predicted molar refractivity (Wildman–Crippen MR) is 136 cm³/mol. The molecule has 1 aliphatic heterocycles. The Balaban J connectivity index is 1.47. The first-order valence-corrected chi connectivity index (χ1v) is 13.5. The number of aryl methyl sites for hydroxylation is 3. The van der Waals surface area contributed by atoms with Crippen LogP contribution in [0.2, 0.25) is 5.02 Å². The minimum absolute atomic E-state index is 0.149. The van der Waals surface area contributed by atoms with Crippen molar-refractivity contribution in [2.24, 2.45) is 12.0 Å². The molecule has 0 fully saturated rings. The summed E-state index contributed by atoms with van der Waals surface area (Å²) in [5, 5.41) is 0.615. The summed E-state index contributed by atoms with van der Waals surface area (Å²) >= 11 is 7.68. The molecule has 1 amide bonds. The molecule has 1 aliphatic rings. The lowest BCUT2D eigenvalue weighted by Gasteiger charge is -2.30. The molecule has 4 aromatic rings. The summed E-state index contributed by atoms with van der Waals surface area (Å²) < 4.78 is 30.8. The number of benzene rings is 3. The average Bonchev–Trinajstić information content (AvgIpc) is 3.18. The monoisotopic (exact) mass is 511 g/mol. The fourth-order valence-electron chi connectivity index (χ4n) is 4.31. The van der Waals surface area contributed by atoms with Crippen molar-refractivity contribution in [3.05, 3.63) is 87.2 Å². The van der Waals surface area contributed by atoms with Gasteiger partial charge >= 0.3 is 0 Å². The molecule has 9 heteroatoms. The maximum atomic E-state index is 13.3. The van der Waals surface area contributed by atoms with E-state index in [0.717, 1.165) is 39.9 Å². The first-order valence-electron chi connectivity index (χ1n) is 10.8. The molecule has 6 nitrogen and oxygen atoms in total. The van der Waals surface area contributed by atoms with Gasteiger partial charge < -0.3 is 4.57 Å². The number of rotatable bonds is 3. The van der Waals surface area contributed by atoms with Crippen molar-refractivity contribution in [3.8, 4) is 0 Å². The third kappa shape index (κ3) is 3.85. The SMILES string of the molecule is Cc1ccc(Cl)c2sc(=NC(=O)c3ccc(S(=O)(=O)N4CCCc5ccccc54)cc3)n(C)c12. The maximum Gasteiger partial charge on any atom is 0.279 e. The van der Waals surface area contributed by atoms with Gasteiger partial charge in [0.25, 0.3) is 15.9 Å². The van der Waals surface area contributed by atoms with E-state index in [4.69, 9.17) is 11.6 Å². The van der Waals surface area contributed by atoms with Crippen molar-refractivity contribution < 1.29 is 13.2 Å². The van der Waals surface area contributed by atoms with Gasteiger partial charge in [0.05, 0.1) is 25.8 Å². The molecule has 0 radical (unpaired) electrons. The number of sulfonamides is 1. The van der Waals surface area contributed by atoms with E-state index in [1.54, 1.807) is 0 Å². The van der Waals surface area contributed by atoms with Crippen LogP contribution in [-0.2, 0) is 23.5 Å². The van der Waals surface area contributed by atoms with E-state index in [-0.39, 0.29) is 4.90 Å². The van der Waals surface area contributed by atoms with Crippen molar-refractivity contribution in [3.63, 3.8) is 0 Å². The quantitative estimate of drug-likeness (QED) is 0.385. The molecule has 2 heterocycles. The molecule has 3 aromatic carbocycles. The second-order valence-electron chi connectivity index (χ2n) is 8.24. The van der Waals surface area contributed by atoms with Gasteiger partial charge in [-0.1, -0.05) is 47.2 Å². The van der Waals surface area contributed by atoms with Crippen LogP contribution < -0.4 is 9.11 Å². The lowest BCUT2D eigenvalue weighted by atomic mass is 10.0. The summed E-state index contributed by atoms with van der Waals surface area (Å²) in [6.07, 6.45) is 1.62. The zero-order chi connectivity index (χ0) is 24.0. The van der Waals surface area contributed by atoms with Crippen molar-refractivity contribution in [1.82, 2.24) is 4.57 Å². The fourth-order valence-corrected chi connectivity index (χ4v) is 7.22. The molecule has 0 atom stereocenters. The van der Waals surface area contributed by atoms with Gasteiger partial charge in [0, 0.05) is 19.2 Å². The Hall–Kier alpha value is -2.94. The van der Waals surface area contributed by atoms with Crippen LogP contribution in [0, 0.1) is 6.92 Å². The summed E-state index contributed by atoms with van der Waals surface area (Å²) in [6.45, 7) is 2.41. The summed E-state index contributed by atoms with van der Waals surface area (Å²) in [7, 11) is -1.89. The van der Waals surface area contributed by atoms with Crippen LogP contribution in [0.1, 0.15) is 27.9 Å². The summed E-state index contributed by atoms with van der Waals surface area (Å²) in [5.74, 6) is -0.441. The van der Waals surface area contributed by atoms with Gasteiger partial charge in [0.1, 0.15) is 0 Å². The van der Waals surface area contributed by atoms with Crippen LogP contribution >= 0.6 is 22.9 Å². The standard InChI is InChI=1S/C25H22ClN3O3S2/c1-16-9-14-20(26)23-22(16)28(2)25(33-23)27-24(30)18-10-12-19(13-11-18)34(31,32)29-15-5-7-17-6-3-4-8-21(17)29/h3-4,6,8-14H,5,7,15H2,1-2H3. The molecule has 0 unspecified atom stereocenters. The number of para-hydroxylation sites is 1. The second kappa shape index (κ2) is 8.69. The van der Waals surface area contributed by atoms with E-state index in [9.17, 15) is 13.2 Å². The summed E-state index contributed by atoms with van der Waals surface area (Å²) in [4.78, 5) is 17.8. The zero-order valence-corrected chi connectivity index (χ0v) is 21.0. The number of nitrogens with zero attached hydrogens (tertiary/aromatic N) is 3. The first-order chi connectivity index (χ1) is 16.3. The topological polar surface area (TPSA) is 71.7 Å². The van der Waals surface area contributed by atoms with E-state index in [1.807, 2.05) is 54.9 Å². The second-order valence-corrected chi connectivity index (χ2v) is 11.5. The average molecular weight is 512 g/mol. The molecular weight excluding hydrogens is 490 g/mol. The zero-order valence-electron chi connectivity index (χ0n) is 18.7. The Kier molecular flexibility index (Phi) is 5.83. The van der Waals surface area contributed by atoms with Gasteiger partial charge in [-0.05, 0) is 67.3 Å². The Morgan fingerprint density at radius 1 is 1.06 bits per heavy atom. The molecule has 5 rings (SSSR count). The van der Waals surface area contributed by atoms with Crippen molar-refractivity contribution in [2.45, 2.75) is 24.7 Å². The maximum absolute atomic E-state index is 13.3. The van der Waals surface area contributed by atoms with Crippen molar-refractivity contribution >= 4 is 54.8 Å². The van der Waals surface area contributed by atoms with Crippen LogP contribution in [0.4, 0.5) is 5.69 Å². The molecule has 0 aliphatic carbocycles. The number of carbonyl (C=O) groups is 1. The fraction of sp³-hybridized carbons (Fsp3) is 0.200. The lowest BCUT2D eigenvalue weighted by molar-refractivity contribution is 0.0998. The molecule has 1 aromatic heterocycles. The van der Waals surface area contributed by atoms with Crippen LogP contribution in [0.25, 0.3) is 10.2 Å². The Morgan fingerprint density at radius 2 is 1.79 bits per heavy atom. The number of aromatic nitrogens is 1. The number of anilines is 1. The molecule has 0 bridgehead atoms. The molecule has 0 saturated heterocycles. The van der Waals surface area contributed by atoms with Gasteiger partial charge in [0.15, 0.2) is 4.80 Å². The first kappa shape index (κ1) is 22.8. The molecule has 0 spiro atoms. The van der Waals surface area contributed by atoms with Gasteiger partial charge in [0.2, 0.25) is 0 Å². The van der Waals surface area contributed by atoms with Crippen molar-refractivity contribution in [2.75, 3.05) is 10.8 Å². The van der Waals surface area contributed by atoms with Gasteiger partial charge in [-0.3, -0.25) is 9.10 Å². The van der Waals surface area contributed by atoms with E-state index in [0.29, 0.717) is 21.9 Å². The Morgan fingerprint density at radius 3 is 2.53 bits per heavy atom. The van der Waals surface area contributed by atoms with Crippen LogP contribution in [0.15, 0.2) is 70.6 Å². The van der Waals surface area contributed by atoms with E-state index in [2.05, 4.69) is 4.99 Å². The molecule has 0 saturated carbocycles. The van der Waals surface area contributed by atoms with E-state index in [1.165, 1.54) is 39.9 Å². The number of halogens is 1. The van der Waals surface area contributed by atoms with E-state index < -0.39 is 15.9 Å². The number of amides is 1. The molecule has 174 valence electrons. The minimum Gasteiger partial charge on any atom is -0.319 e. The van der Waals surface area contributed by atoms with Crippen LogP contribution in [0.3, 0.4) is 0 Å². The number of thiazole rings is 1. The lowest BCUT2D eigenvalue weighted by Crippen LogP contribution is -2.35. The highest BCUT2D eigenvalue weighted by Gasteiger charge is 2.29. The normalized spacial score (nSPS) is 14.4. The smallest absolute Gasteiger partial charge is 0.279 e. The van der Waals surface area contributed by atoms with E-state index >= 15 is 0 Å². The minimum atomic E-state index is -3.74. The third-order valence-corrected chi connectivity index (χ3v) is 9.47. The van der Waals surface area contributed by atoms with Crippen LogP contribution in [0.5, 0.6) is 0 Å². The molecule has 34 heavy (non-hydrogen) atoms. The molecular formula is C25H22ClN3O3S2. The molecule has 0 N–H and O–H groups in total. The number of hydrogen-bond donors (Lipinski definition) is 0. The number of hydrogen-bond acceptors (Lipinski definition) is 4. The third-order valence-electron chi connectivity index (χ3n) is 6.05. The number of carbonyl (C=O) groups excluding carboxylic acids is 1. The highest BCUT2D eigenvalue weighted by atomic mass is 35.5. The highest BCUT2D eigenvalue weighted by Crippen LogP contribution is 2.32. The summed E-state index contributed by atoms with van der Waals surface area (Å²) in [5.41, 5.74) is 4.04. The number of fused-ring (bicyclic) bond motifs is 2. The van der Waals surface area contributed by atoms with Gasteiger partial charge in [-0.15, -0.1) is 0 Å². The Bertz CT molecular complexity index is 1600. The van der Waals surface area contributed by atoms with Gasteiger partial charge in [-0.25, -0.2) is 8.42 Å².